The molecule has 1 aliphatic heterocycles. The first kappa shape index (κ1) is 15.4. The second-order valence-corrected chi connectivity index (χ2v) is 6.03. The average Bonchev–Trinajstić information content (AvgIpc) is 2.98. The van der Waals surface area contributed by atoms with Gasteiger partial charge >= 0.3 is 0 Å². The number of nitrogens with one attached hydrogen (secondary N) is 1. The summed E-state index contributed by atoms with van der Waals surface area (Å²) in [7, 11) is 0. The molecule has 1 atom stereocenters. The molecule has 0 spiro atoms. The van der Waals surface area contributed by atoms with E-state index in [1.165, 1.54) is 0 Å². The molecule has 0 saturated carbocycles. The van der Waals surface area contributed by atoms with Crippen LogP contribution in [0.5, 0.6) is 0 Å². The third-order valence-corrected chi connectivity index (χ3v) is 4.56. The lowest BCUT2D eigenvalue weighted by Crippen LogP contribution is -2.27. The third-order valence-electron chi connectivity index (χ3n) is 4.56. The molecule has 3 rings (SSSR count). The SMILES string of the molecule is CCc1nnc2n1C[C@@H](CNc1nnc(C)c(C)c1C#N)CC2. The number of anilines is 1. The van der Waals surface area contributed by atoms with Gasteiger partial charge in [-0.25, -0.2) is 0 Å². The minimum Gasteiger partial charge on any atom is -0.367 e. The summed E-state index contributed by atoms with van der Waals surface area (Å²) in [6, 6.07) is 2.23. The summed E-state index contributed by atoms with van der Waals surface area (Å²) in [5.74, 6) is 3.19. The summed E-state index contributed by atoms with van der Waals surface area (Å²) < 4.78 is 2.23. The molecule has 7 nitrogen and oxygen atoms in total. The fourth-order valence-electron chi connectivity index (χ4n) is 2.99. The van der Waals surface area contributed by atoms with Gasteiger partial charge in [0.2, 0.25) is 0 Å². The van der Waals surface area contributed by atoms with Crippen LogP contribution in [-0.2, 0) is 19.4 Å². The van der Waals surface area contributed by atoms with Crippen molar-refractivity contribution in [2.24, 2.45) is 5.92 Å². The monoisotopic (exact) mass is 311 g/mol. The number of aromatic nitrogens is 5. The molecule has 0 fully saturated rings. The number of fused-ring (bicyclic) bond motifs is 1. The Morgan fingerprint density at radius 1 is 1.26 bits per heavy atom. The van der Waals surface area contributed by atoms with Crippen LogP contribution >= 0.6 is 0 Å². The standard InChI is InChI=1S/C16H21N7/c1-4-14-20-21-15-6-5-12(9-23(14)15)8-18-16-13(7-17)10(2)11(3)19-22-16/h12H,4-6,8-9H2,1-3H3,(H,18,22)/t12-/m1/s1. The zero-order valence-corrected chi connectivity index (χ0v) is 13.8. The molecule has 23 heavy (non-hydrogen) atoms. The van der Waals surface area contributed by atoms with E-state index in [-0.39, 0.29) is 0 Å². The molecule has 0 saturated heterocycles. The van der Waals surface area contributed by atoms with Crippen molar-refractivity contribution in [2.45, 2.75) is 46.6 Å². The topological polar surface area (TPSA) is 92.3 Å². The molecule has 0 radical (unpaired) electrons. The second kappa shape index (κ2) is 6.32. The number of nitrogens with zero attached hydrogens (tertiary/aromatic N) is 6. The molecule has 2 aromatic rings. The van der Waals surface area contributed by atoms with E-state index in [4.69, 9.17) is 0 Å². The molecule has 0 aliphatic carbocycles. The lowest BCUT2D eigenvalue weighted by atomic mass is 9.99. The number of nitriles is 1. The number of hydrogen-bond acceptors (Lipinski definition) is 6. The van der Waals surface area contributed by atoms with Crippen LogP contribution in [0.15, 0.2) is 0 Å². The van der Waals surface area contributed by atoms with E-state index in [0.717, 1.165) is 55.3 Å². The first-order valence-corrected chi connectivity index (χ1v) is 8.02. The number of rotatable bonds is 4. The van der Waals surface area contributed by atoms with Crippen molar-refractivity contribution in [1.29, 1.82) is 5.26 Å². The van der Waals surface area contributed by atoms with Gasteiger partial charge in [-0.15, -0.1) is 15.3 Å². The van der Waals surface area contributed by atoms with E-state index < -0.39 is 0 Å². The number of aryl methyl sites for hydroxylation is 3. The maximum absolute atomic E-state index is 9.35. The first-order valence-electron chi connectivity index (χ1n) is 8.02. The predicted octanol–water partition coefficient (Wildman–Crippen LogP) is 1.79. The van der Waals surface area contributed by atoms with Crippen LogP contribution in [0.4, 0.5) is 5.82 Å². The fourth-order valence-corrected chi connectivity index (χ4v) is 2.99. The largest absolute Gasteiger partial charge is 0.367 e. The van der Waals surface area contributed by atoms with Crippen molar-refractivity contribution in [1.82, 2.24) is 25.0 Å². The van der Waals surface area contributed by atoms with Gasteiger partial charge in [0.15, 0.2) is 5.82 Å². The van der Waals surface area contributed by atoms with Gasteiger partial charge in [-0.3, -0.25) is 0 Å². The lowest BCUT2D eigenvalue weighted by Gasteiger charge is -2.24. The minimum atomic E-state index is 0.471. The van der Waals surface area contributed by atoms with E-state index in [1.807, 2.05) is 13.8 Å². The number of hydrogen-bond donors (Lipinski definition) is 1. The van der Waals surface area contributed by atoms with E-state index in [9.17, 15) is 5.26 Å². The Morgan fingerprint density at radius 2 is 2.09 bits per heavy atom. The molecule has 2 aromatic heterocycles. The van der Waals surface area contributed by atoms with Crippen LogP contribution in [0.2, 0.25) is 0 Å². The molecule has 0 aromatic carbocycles. The Bertz CT molecular complexity index is 743. The van der Waals surface area contributed by atoms with E-state index in [1.54, 1.807) is 0 Å². The van der Waals surface area contributed by atoms with Gasteiger partial charge in [0, 0.05) is 25.9 Å². The molecule has 7 heteroatoms. The van der Waals surface area contributed by atoms with Crippen molar-refractivity contribution >= 4 is 5.82 Å². The van der Waals surface area contributed by atoms with Crippen LogP contribution in [0.3, 0.4) is 0 Å². The summed E-state index contributed by atoms with van der Waals surface area (Å²) in [5, 5.41) is 29.4. The highest BCUT2D eigenvalue weighted by atomic mass is 15.3. The Kier molecular flexibility index (Phi) is 4.24. The minimum absolute atomic E-state index is 0.471. The molecule has 1 aliphatic rings. The summed E-state index contributed by atoms with van der Waals surface area (Å²) >= 11 is 0. The van der Waals surface area contributed by atoms with Crippen molar-refractivity contribution in [3.63, 3.8) is 0 Å². The van der Waals surface area contributed by atoms with Gasteiger partial charge in [0.25, 0.3) is 0 Å². The summed E-state index contributed by atoms with van der Waals surface area (Å²) in [6.45, 7) is 7.56. The van der Waals surface area contributed by atoms with Gasteiger partial charge in [-0.2, -0.15) is 10.4 Å². The zero-order chi connectivity index (χ0) is 16.4. The van der Waals surface area contributed by atoms with Crippen LogP contribution < -0.4 is 5.32 Å². The Hall–Kier alpha value is -2.49. The average molecular weight is 311 g/mol. The fraction of sp³-hybridized carbons (Fsp3) is 0.562. The van der Waals surface area contributed by atoms with Crippen molar-refractivity contribution in [3.8, 4) is 6.07 Å². The normalized spacial score (nSPS) is 16.7. The maximum atomic E-state index is 9.35. The van der Waals surface area contributed by atoms with Gasteiger partial charge < -0.3 is 9.88 Å². The summed E-state index contributed by atoms with van der Waals surface area (Å²) in [5.41, 5.74) is 2.28. The van der Waals surface area contributed by atoms with E-state index in [2.05, 4.69) is 43.3 Å². The highest BCUT2D eigenvalue weighted by Crippen LogP contribution is 2.22. The second-order valence-electron chi connectivity index (χ2n) is 6.03. The summed E-state index contributed by atoms with van der Waals surface area (Å²) in [4.78, 5) is 0. The zero-order valence-electron chi connectivity index (χ0n) is 13.8. The third kappa shape index (κ3) is 2.89. The Morgan fingerprint density at radius 3 is 2.83 bits per heavy atom. The van der Waals surface area contributed by atoms with E-state index in [0.29, 0.717) is 17.3 Å². The van der Waals surface area contributed by atoms with Crippen molar-refractivity contribution < 1.29 is 0 Å². The molecular formula is C16H21N7. The van der Waals surface area contributed by atoms with Gasteiger partial charge in [-0.05, 0) is 31.7 Å². The van der Waals surface area contributed by atoms with Crippen LogP contribution in [-0.4, -0.2) is 31.5 Å². The van der Waals surface area contributed by atoms with Gasteiger partial charge in [-0.1, -0.05) is 6.92 Å². The Labute approximate surface area is 135 Å². The lowest BCUT2D eigenvalue weighted by molar-refractivity contribution is 0.374. The van der Waals surface area contributed by atoms with Crippen LogP contribution in [0, 0.1) is 31.1 Å². The maximum Gasteiger partial charge on any atom is 0.166 e. The van der Waals surface area contributed by atoms with Crippen LogP contribution in [0.25, 0.3) is 0 Å². The molecule has 0 unspecified atom stereocenters. The molecule has 0 amide bonds. The molecular weight excluding hydrogens is 290 g/mol. The summed E-state index contributed by atoms with van der Waals surface area (Å²) in [6.07, 6.45) is 2.91. The van der Waals surface area contributed by atoms with Gasteiger partial charge in [0.1, 0.15) is 23.3 Å². The quantitative estimate of drug-likeness (QED) is 0.925. The molecule has 120 valence electrons. The van der Waals surface area contributed by atoms with Crippen LogP contribution in [0.1, 0.15) is 41.8 Å². The predicted molar refractivity (Wildman–Crippen MR) is 85.9 cm³/mol. The molecule has 1 N–H and O–H groups in total. The smallest absolute Gasteiger partial charge is 0.166 e. The Balaban J connectivity index is 1.71. The highest BCUT2D eigenvalue weighted by molar-refractivity contribution is 5.55. The molecule has 0 bridgehead atoms. The molecule has 3 heterocycles. The first-order chi connectivity index (χ1) is 11.1. The van der Waals surface area contributed by atoms with Crippen molar-refractivity contribution in [2.75, 3.05) is 11.9 Å². The van der Waals surface area contributed by atoms with E-state index >= 15 is 0 Å². The van der Waals surface area contributed by atoms with Gasteiger partial charge in [0.05, 0.1) is 5.69 Å². The highest BCUT2D eigenvalue weighted by Gasteiger charge is 2.22. The van der Waals surface area contributed by atoms with Crippen molar-refractivity contribution in [3.05, 3.63) is 28.5 Å².